The lowest BCUT2D eigenvalue weighted by Gasteiger charge is -2.47. The number of oxazole rings is 1. The number of aromatic nitrogens is 1. The molecular formula is C24H27F4N3O4. The van der Waals surface area contributed by atoms with Gasteiger partial charge in [0.25, 0.3) is 11.9 Å². The van der Waals surface area contributed by atoms with E-state index in [0.29, 0.717) is 31.3 Å². The average molecular weight is 497 g/mol. The third-order valence-electron chi connectivity index (χ3n) is 7.25. The molecule has 1 amide bonds. The van der Waals surface area contributed by atoms with Gasteiger partial charge in [-0.3, -0.25) is 4.79 Å². The lowest BCUT2D eigenvalue weighted by Crippen LogP contribution is -2.62. The van der Waals surface area contributed by atoms with Gasteiger partial charge < -0.3 is 24.1 Å². The molecule has 2 heterocycles. The molecule has 0 spiro atoms. The summed E-state index contributed by atoms with van der Waals surface area (Å²) in [5, 5.41) is 2.42. The van der Waals surface area contributed by atoms with Crippen LogP contribution in [0.3, 0.4) is 0 Å². The molecule has 190 valence electrons. The van der Waals surface area contributed by atoms with Crippen LogP contribution in [0.2, 0.25) is 0 Å². The first-order valence-electron chi connectivity index (χ1n) is 11.7. The van der Waals surface area contributed by atoms with Crippen molar-refractivity contribution in [2.24, 2.45) is 11.8 Å². The minimum atomic E-state index is -4.60. The van der Waals surface area contributed by atoms with E-state index < -0.39 is 41.4 Å². The number of benzene rings is 1. The zero-order chi connectivity index (χ0) is 25.0. The van der Waals surface area contributed by atoms with E-state index in [4.69, 9.17) is 13.9 Å². The van der Waals surface area contributed by atoms with E-state index >= 15 is 0 Å². The number of alkyl halides is 3. The Balaban J connectivity index is 1.29. The Hall–Kier alpha value is -2.82. The first-order valence-corrected chi connectivity index (χ1v) is 11.7. The molecule has 2 aliphatic carbocycles. The average Bonchev–Trinajstić information content (AvgIpc) is 3.17. The molecule has 1 unspecified atom stereocenters. The predicted molar refractivity (Wildman–Crippen MR) is 118 cm³/mol. The number of methoxy groups -OCH3 is 1. The summed E-state index contributed by atoms with van der Waals surface area (Å²) in [6, 6.07) is 3.85. The number of carbonyl (C=O) groups is 1. The van der Waals surface area contributed by atoms with E-state index in [1.807, 2.05) is 6.92 Å². The summed E-state index contributed by atoms with van der Waals surface area (Å²) < 4.78 is 70.5. The standard InChI is InChI=1S/C24H27F4N3O4/c1-3-23(33-2)11-31(12-23)22-30-20(19(35-22)10-24(26,27)28)21(32)29-15-4-5-18(17(25)9-15)34-16-7-13-6-14(13)8-16/h4-5,9,13-14,16H,3,6-8,10-12H2,1-2H3,(H,29,32)/t13-,14?,16+/m1/s1. The monoisotopic (exact) mass is 497 g/mol. The van der Waals surface area contributed by atoms with Crippen LogP contribution < -0.4 is 15.0 Å². The van der Waals surface area contributed by atoms with Crippen LogP contribution in [-0.4, -0.2) is 49.0 Å². The summed E-state index contributed by atoms with van der Waals surface area (Å²) in [7, 11) is 1.57. The molecule has 3 fully saturated rings. The second kappa shape index (κ2) is 8.69. The minimum Gasteiger partial charge on any atom is -0.487 e. The fraction of sp³-hybridized carbons (Fsp3) is 0.583. The Labute approximate surface area is 199 Å². The normalized spacial score (nSPS) is 24.6. The van der Waals surface area contributed by atoms with Crippen molar-refractivity contribution < 1.29 is 36.2 Å². The third kappa shape index (κ3) is 4.96. The summed E-state index contributed by atoms with van der Waals surface area (Å²) in [6.45, 7) is 2.69. The summed E-state index contributed by atoms with van der Waals surface area (Å²) in [5.74, 6) is -0.719. The van der Waals surface area contributed by atoms with Crippen LogP contribution in [-0.2, 0) is 11.2 Å². The Bertz CT molecular complexity index is 1100. The molecule has 2 saturated carbocycles. The van der Waals surface area contributed by atoms with Crippen molar-refractivity contribution in [1.82, 2.24) is 4.98 Å². The van der Waals surface area contributed by atoms with Crippen LogP contribution in [0.25, 0.3) is 0 Å². The smallest absolute Gasteiger partial charge is 0.396 e. The minimum absolute atomic E-state index is 0.0155. The maximum absolute atomic E-state index is 14.6. The van der Waals surface area contributed by atoms with Crippen molar-refractivity contribution in [1.29, 1.82) is 0 Å². The molecule has 0 bridgehead atoms. The SMILES string of the molecule is CCC1(OC)CN(c2nc(C(=O)Nc3ccc(O[C@@H]4CC5C[C@@H]5C4)c(F)c3)c(CC(F)(F)F)o2)C1. The largest absolute Gasteiger partial charge is 0.487 e. The predicted octanol–water partition coefficient (Wildman–Crippen LogP) is 4.96. The highest BCUT2D eigenvalue weighted by molar-refractivity contribution is 6.03. The molecule has 1 aliphatic heterocycles. The molecule has 35 heavy (non-hydrogen) atoms. The van der Waals surface area contributed by atoms with Gasteiger partial charge in [0, 0.05) is 18.9 Å². The van der Waals surface area contributed by atoms with Gasteiger partial charge in [-0.15, -0.1) is 0 Å². The van der Waals surface area contributed by atoms with Crippen molar-refractivity contribution in [3.8, 4) is 5.75 Å². The van der Waals surface area contributed by atoms with E-state index in [-0.39, 0.29) is 23.6 Å². The fourth-order valence-electron chi connectivity index (χ4n) is 5.04. The molecule has 11 heteroatoms. The number of fused-ring (bicyclic) bond motifs is 1. The van der Waals surface area contributed by atoms with E-state index in [9.17, 15) is 22.4 Å². The van der Waals surface area contributed by atoms with E-state index in [1.165, 1.54) is 18.6 Å². The number of nitrogens with zero attached hydrogens (tertiary/aromatic N) is 2. The Morgan fingerprint density at radius 2 is 1.97 bits per heavy atom. The number of rotatable bonds is 8. The number of halogens is 4. The van der Waals surface area contributed by atoms with Gasteiger partial charge in [-0.05, 0) is 49.7 Å². The molecule has 1 aromatic heterocycles. The quantitative estimate of drug-likeness (QED) is 0.520. The van der Waals surface area contributed by atoms with Gasteiger partial charge in [0.2, 0.25) is 0 Å². The molecule has 1 saturated heterocycles. The first kappa shape index (κ1) is 23.9. The molecule has 3 atom stereocenters. The molecular weight excluding hydrogens is 470 g/mol. The van der Waals surface area contributed by atoms with Gasteiger partial charge in [-0.1, -0.05) is 6.92 Å². The number of anilines is 2. The van der Waals surface area contributed by atoms with Gasteiger partial charge in [0.05, 0.1) is 19.2 Å². The van der Waals surface area contributed by atoms with Crippen molar-refractivity contribution >= 4 is 17.6 Å². The zero-order valence-electron chi connectivity index (χ0n) is 19.5. The van der Waals surface area contributed by atoms with Crippen LogP contribution in [0, 0.1) is 17.7 Å². The van der Waals surface area contributed by atoms with E-state index in [2.05, 4.69) is 10.3 Å². The number of carbonyl (C=O) groups excluding carboxylic acids is 1. The highest BCUT2D eigenvalue weighted by Crippen LogP contribution is 2.52. The summed E-state index contributed by atoms with van der Waals surface area (Å²) in [6.07, 6.45) is -2.32. The molecule has 3 aliphatic rings. The second-order valence-corrected chi connectivity index (χ2v) is 9.72. The van der Waals surface area contributed by atoms with Crippen molar-refractivity contribution in [2.45, 2.75) is 56.9 Å². The highest BCUT2D eigenvalue weighted by atomic mass is 19.4. The van der Waals surface area contributed by atoms with Gasteiger partial charge in [-0.2, -0.15) is 18.2 Å². The van der Waals surface area contributed by atoms with Gasteiger partial charge in [0.15, 0.2) is 17.3 Å². The lowest BCUT2D eigenvalue weighted by molar-refractivity contribution is -0.130. The summed E-state index contributed by atoms with van der Waals surface area (Å²) in [5.41, 5.74) is -0.846. The molecule has 1 aromatic carbocycles. The number of ether oxygens (including phenoxy) is 2. The number of hydrogen-bond acceptors (Lipinski definition) is 6. The van der Waals surface area contributed by atoms with Crippen LogP contribution in [0.1, 0.15) is 48.9 Å². The maximum atomic E-state index is 14.6. The summed E-state index contributed by atoms with van der Waals surface area (Å²) >= 11 is 0. The maximum Gasteiger partial charge on any atom is 0.396 e. The topological polar surface area (TPSA) is 76.8 Å². The molecule has 1 N–H and O–H groups in total. The highest BCUT2D eigenvalue weighted by Gasteiger charge is 2.47. The van der Waals surface area contributed by atoms with Crippen molar-refractivity contribution in [2.75, 3.05) is 30.4 Å². The number of amides is 1. The Morgan fingerprint density at radius 3 is 2.57 bits per heavy atom. The molecule has 0 radical (unpaired) electrons. The second-order valence-electron chi connectivity index (χ2n) is 9.72. The van der Waals surface area contributed by atoms with Crippen molar-refractivity contribution in [3.05, 3.63) is 35.5 Å². The van der Waals surface area contributed by atoms with Crippen LogP contribution in [0.4, 0.5) is 29.3 Å². The Morgan fingerprint density at radius 1 is 1.26 bits per heavy atom. The van der Waals surface area contributed by atoms with E-state index in [0.717, 1.165) is 18.9 Å². The van der Waals surface area contributed by atoms with Gasteiger partial charge in [0.1, 0.15) is 17.8 Å². The number of hydrogen-bond donors (Lipinski definition) is 1. The van der Waals surface area contributed by atoms with Crippen LogP contribution >= 0.6 is 0 Å². The fourth-order valence-corrected chi connectivity index (χ4v) is 5.04. The van der Waals surface area contributed by atoms with Gasteiger partial charge in [-0.25, -0.2) is 4.39 Å². The van der Waals surface area contributed by atoms with Gasteiger partial charge >= 0.3 is 6.18 Å². The Kier molecular flexibility index (Phi) is 5.93. The molecule has 7 nitrogen and oxygen atoms in total. The third-order valence-corrected chi connectivity index (χ3v) is 7.25. The molecule has 5 rings (SSSR count). The van der Waals surface area contributed by atoms with E-state index in [1.54, 1.807) is 12.0 Å². The summed E-state index contributed by atoms with van der Waals surface area (Å²) in [4.78, 5) is 18.5. The number of nitrogens with one attached hydrogen (secondary N) is 1. The first-order chi connectivity index (χ1) is 16.6. The van der Waals surface area contributed by atoms with Crippen LogP contribution in [0.15, 0.2) is 22.6 Å². The van der Waals surface area contributed by atoms with Crippen LogP contribution in [0.5, 0.6) is 5.75 Å². The zero-order valence-corrected chi connectivity index (χ0v) is 19.5. The molecule has 2 aromatic rings. The van der Waals surface area contributed by atoms with Crippen molar-refractivity contribution in [3.63, 3.8) is 0 Å². The lowest BCUT2D eigenvalue weighted by atomic mass is 9.91.